The second-order valence-electron chi connectivity index (χ2n) is 5.56. The Kier molecular flexibility index (Phi) is 3.84. The summed E-state index contributed by atoms with van der Waals surface area (Å²) in [5.41, 5.74) is 1.26. The normalized spacial score (nSPS) is 15.8. The number of furan rings is 1. The predicted octanol–water partition coefficient (Wildman–Crippen LogP) is 1.38. The molecule has 6 heteroatoms. The molecule has 0 fully saturated rings. The Bertz CT molecular complexity index is 559. The molecular weight excluding hydrogens is 254 g/mol. The van der Waals surface area contributed by atoms with Crippen LogP contribution in [-0.2, 0) is 26.2 Å². The van der Waals surface area contributed by atoms with Gasteiger partial charge in [-0.1, -0.05) is 13.8 Å². The third kappa shape index (κ3) is 2.91. The summed E-state index contributed by atoms with van der Waals surface area (Å²) < 4.78 is 7.71. The summed E-state index contributed by atoms with van der Waals surface area (Å²) in [6.07, 6.45) is 3.58. The van der Waals surface area contributed by atoms with Gasteiger partial charge in [0.1, 0.15) is 17.9 Å². The van der Waals surface area contributed by atoms with Crippen molar-refractivity contribution in [1.82, 2.24) is 25.0 Å². The van der Waals surface area contributed by atoms with Crippen LogP contribution in [-0.4, -0.2) is 32.3 Å². The molecule has 0 aliphatic carbocycles. The monoisotopic (exact) mass is 275 g/mol. The van der Waals surface area contributed by atoms with Crippen molar-refractivity contribution in [3.05, 3.63) is 35.8 Å². The van der Waals surface area contributed by atoms with Crippen molar-refractivity contribution in [2.24, 2.45) is 0 Å². The van der Waals surface area contributed by atoms with E-state index >= 15 is 0 Å². The predicted molar refractivity (Wildman–Crippen MR) is 74.8 cm³/mol. The van der Waals surface area contributed by atoms with E-state index in [0.717, 1.165) is 44.3 Å². The highest BCUT2D eigenvalue weighted by atomic mass is 16.3. The maximum Gasteiger partial charge on any atom is 0.147 e. The zero-order chi connectivity index (χ0) is 13.9. The number of hydrogen-bond donors (Lipinski definition) is 1. The molecule has 0 bridgehead atoms. The largest absolute Gasteiger partial charge is 0.468 e. The van der Waals surface area contributed by atoms with Gasteiger partial charge >= 0.3 is 0 Å². The zero-order valence-electron chi connectivity index (χ0n) is 12.0. The molecule has 2 aromatic heterocycles. The Hall–Kier alpha value is -1.66. The first kappa shape index (κ1) is 13.3. The lowest BCUT2D eigenvalue weighted by Crippen LogP contribution is -2.33. The minimum Gasteiger partial charge on any atom is -0.468 e. The number of hydrogen-bond acceptors (Lipinski definition) is 5. The van der Waals surface area contributed by atoms with Crippen molar-refractivity contribution in [3.8, 4) is 0 Å². The molecule has 2 aromatic rings. The molecule has 0 saturated carbocycles. The molecule has 6 nitrogen and oxygen atoms in total. The van der Waals surface area contributed by atoms with Crippen molar-refractivity contribution in [1.29, 1.82) is 0 Å². The van der Waals surface area contributed by atoms with Gasteiger partial charge in [-0.25, -0.2) is 0 Å². The summed E-state index contributed by atoms with van der Waals surface area (Å²) in [5, 5.41) is 11.5. The first-order chi connectivity index (χ1) is 9.72. The molecule has 0 unspecified atom stereocenters. The van der Waals surface area contributed by atoms with E-state index in [4.69, 9.17) is 4.42 Å². The Morgan fingerprint density at radius 1 is 1.40 bits per heavy atom. The SMILES string of the molecule is CC(C)NCc1occc1CN1CCn2cnnc2C1. The maximum absolute atomic E-state index is 5.59. The second-order valence-corrected chi connectivity index (χ2v) is 5.56. The molecule has 1 N–H and O–H groups in total. The number of rotatable bonds is 5. The average molecular weight is 275 g/mol. The maximum atomic E-state index is 5.59. The Balaban J connectivity index is 1.63. The summed E-state index contributed by atoms with van der Waals surface area (Å²) in [6.45, 7) is 8.79. The molecule has 0 spiro atoms. The van der Waals surface area contributed by atoms with E-state index in [1.165, 1.54) is 5.56 Å². The number of fused-ring (bicyclic) bond motifs is 1. The van der Waals surface area contributed by atoms with E-state index in [2.05, 4.69) is 44.9 Å². The van der Waals surface area contributed by atoms with Crippen molar-refractivity contribution in [3.63, 3.8) is 0 Å². The molecule has 3 rings (SSSR count). The van der Waals surface area contributed by atoms with Crippen molar-refractivity contribution in [2.45, 2.75) is 46.1 Å². The minimum absolute atomic E-state index is 0.460. The van der Waals surface area contributed by atoms with Gasteiger partial charge in [0.2, 0.25) is 0 Å². The van der Waals surface area contributed by atoms with Gasteiger partial charge in [0.05, 0.1) is 19.4 Å². The van der Waals surface area contributed by atoms with Crippen LogP contribution in [0.25, 0.3) is 0 Å². The van der Waals surface area contributed by atoms with Crippen LogP contribution < -0.4 is 5.32 Å². The molecule has 1 aliphatic rings. The van der Waals surface area contributed by atoms with Gasteiger partial charge in [-0.3, -0.25) is 4.90 Å². The fourth-order valence-electron chi connectivity index (χ4n) is 2.45. The van der Waals surface area contributed by atoms with Crippen molar-refractivity contribution in [2.75, 3.05) is 6.54 Å². The Morgan fingerprint density at radius 2 is 2.30 bits per heavy atom. The van der Waals surface area contributed by atoms with Crippen molar-refractivity contribution < 1.29 is 4.42 Å². The van der Waals surface area contributed by atoms with Crippen LogP contribution >= 0.6 is 0 Å². The van der Waals surface area contributed by atoms with E-state index in [9.17, 15) is 0 Å². The molecule has 0 atom stereocenters. The van der Waals surface area contributed by atoms with Gasteiger partial charge in [0.25, 0.3) is 0 Å². The molecule has 108 valence electrons. The van der Waals surface area contributed by atoms with Crippen LogP contribution in [0.15, 0.2) is 23.1 Å². The van der Waals surface area contributed by atoms with Crippen LogP contribution in [0.5, 0.6) is 0 Å². The molecule has 0 radical (unpaired) electrons. The highest BCUT2D eigenvalue weighted by molar-refractivity contribution is 5.17. The Labute approximate surface area is 118 Å². The van der Waals surface area contributed by atoms with Crippen LogP contribution in [0.1, 0.15) is 31.0 Å². The van der Waals surface area contributed by atoms with E-state index in [1.807, 2.05) is 6.33 Å². The topological polar surface area (TPSA) is 59.1 Å². The lowest BCUT2D eigenvalue weighted by molar-refractivity contribution is 0.207. The lowest BCUT2D eigenvalue weighted by atomic mass is 10.2. The highest BCUT2D eigenvalue weighted by Crippen LogP contribution is 2.17. The first-order valence-corrected chi connectivity index (χ1v) is 7.10. The van der Waals surface area contributed by atoms with Gasteiger partial charge < -0.3 is 14.3 Å². The highest BCUT2D eigenvalue weighted by Gasteiger charge is 2.19. The zero-order valence-corrected chi connectivity index (χ0v) is 12.0. The second kappa shape index (κ2) is 5.76. The van der Waals surface area contributed by atoms with Gasteiger partial charge in [0, 0.05) is 31.2 Å². The molecule has 3 heterocycles. The van der Waals surface area contributed by atoms with E-state index < -0.39 is 0 Å². The summed E-state index contributed by atoms with van der Waals surface area (Å²) >= 11 is 0. The molecule has 0 saturated heterocycles. The van der Waals surface area contributed by atoms with Gasteiger partial charge in [0.15, 0.2) is 0 Å². The van der Waals surface area contributed by atoms with Crippen LogP contribution in [0, 0.1) is 0 Å². The average Bonchev–Trinajstić information content (AvgIpc) is 3.04. The Morgan fingerprint density at radius 3 is 3.15 bits per heavy atom. The smallest absolute Gasteiger partial charge is 0.147 e. The van der Waals surface area contributed by atoms with E-state index in [-0.39, 0.29) is 0 Å². The number of aromatic nitrogens is 3. The van der Waals surface area contributed by atoms with E-state index in [0.29, 0.717) is 6.04 Å². The molecule has 20 heavy (non-hydrogen) atoms. The van der Waals surface area contributed by atoms with Crippen LogP contribution in [0.4, 0.5) is 0 Å². The fourth-order valence-corrected chi connectivity index (χ4v) is 2.45. The molecule has 0 amide bonds. The first-order valence-electron chi connectivity index (χ1n) is 7.10. The quantitative estimate of drug-likeness (QED) is 0.893. The summed E-state index contributed by atoms with van der Waals surface area (Å²) in [4.78, 5) is 2.38. The van der Waals surface area contributed by atoms with Crippen LogP contribution in [0.2, 0.25) is 0 Å². The standard InChI is InChI=1S/C14H21N5O/c1-11(2)15-7-13-12(3-6-20-13)8-18-4-5-19-10-16-17-14(19)9-18/h3,6,10-11,15H,4-5,7-9H2,1-2H3. The molecular formula is C14H21N5O. The third-order valence-corrected chi connectivity index (χ3v) is 3.62. The minimum atomic E-state index is 0.460. The summed E-state index contributed by atoms with van der Waals surface area (Å²) in [6, 6.07) is 2.53. The number of nitrogens with one attached hydrogen (secondary N) is 1. The third-order valence-electron chi connectivity index (χ3n) is 3.62. The van der Waals surface area contributed by atoms with E-state index in [1.54, 1.807) is 6.26 Å². The molecule has 1 aliphatic heterocycles. The molecule has 0 aromatic carbocycles. The summed E-state index contributed by atoms with van der Waals surface area (Å²) in [5.74, 6) is 2.08. The lowest BCUT2D eigenvalue weighted by Gasteiger charge is -2.26. The van der Waals surface area contributed by atoms with Gasteiger partial charge in [-0.2, -0.15) is 0 Å². The van der Waals surface area contributed by atoms with Gasteiger partial charge in [-0.15, -0.1) is 10.2 Å². The van der Waals surface area contributed by atoms with Gasteiger partial charge in [-0.05, 0) is 6.07 Å². The van der Waals surface area contributed by atoms with Crippen molar-refractivity contribution >= 4 is 0 Å². The summed E-state index contributed by atoms with van der Waals surface area (Å²) in [7, 11) is 0. The number of nitrogens with zero attached hydrogens (tertiary/aromatic N) is 4. The van der Waals surface area contributed by atoms with Crippen LogP contribution in [0.3, 0.4) is 0 Å². The fraction of sp³-hybridized carbons (Fsp3) is 0.571.